The molecule has 0 bridgehead atoms. The topological polar surface area (TPSA) is 39.7 Å². The SMILES string of the molecule is CCc1ccc(OCCNCC2CCOC2)c(OC)c1. The number of benzene rings is 1. The molecule has 0 aromatic heterocycles. The third-order valence-electron chi connectivity index (χ3n) is 3.63. The zero-order valence-corrected chi connectivity index (χ0v) is 12.5. The number of aryl methyl sites for hydroxylation is 1. The first kappa shape index (κ1) is 15.1. The number of hydrogen-bond acceptors (Lipinski definition) is 4. The Morgan fingerprint density at radius 2 is 2.25 bits per heavy atom. The molecule has 1 unspecified atom stereocenters. The largest absolute Gasteiger partial charge is 0.493 e. The summed E-state index contributed by atoms with van der Waals surface area (Å²) in [5.74, 6) is 2.29. The minimum absolute atomic E-state index is 0.648. The third-order valence-corrected chi connectivity index (χ3v) is 3.63. The molecule has 1 aliphatic heterocycles. The van der Waals surface area contributed by atoms with E-state index in [0.29, 0.717) is 12.5 Å². The highest BCUT2D eigenvalue weighted by Crippen LogP contribution is 2.28. The molecule has 1 fully saturated rings. The smallest absolute Gasteiger partial charge is 0.161 e. The van der Waals surface area contributed by atoms with Crippen molar-refractivity contribution in [1.29, 1.82) is 0 Å². The van der Waals surface area contributed by atoms with Crippen LogP contribution in [0.3, 0.4) is 0 Å². The molecule has 1 aromatic rings. The van der Waals surface area contributed by atoms with Gasteiger partial charge in [0.15, 0.2) is 11.5 Å². The molecule has 0 spiro atoms. The lowest BCUT2D eigenvalue weighted by molar-refractivity contribution is 0.184. The van der Waals surface area contributed by atoms with Gasteiger partial charge >= 0.3 is 0 Å². The van der Waals surface area contributed by atoms with Crippen LogP contribution in [0.5, 0.6) is 11.5 Å². The van der Waals surface area contributed by atoms with Crippen molar-refractivity contribution in [1.82, 2.24) is 5.32 Å². The van der Waals surface area contributed by atoms with Crippen LogP contribution in [0.4, 0.5) is 0 Å². The van der Waals surface area contributed by atoms with Gasteiger partial charge in [-0.25, -0.2) is 0 Å². The molecule has 2 rings (SSSR count). The Bertz CT molecular complexity index is 403. The number of ether oxygens (including phenoxy) is 3. The number of hydrogen-bond donors (Lipinski definition) is 1. The second kappa shape index (κ2) is 8.12. The van der Waals surface area contributed by atoms with Gasteiger partial charge in [-0.05, 0) is 36.5 Å². The quantitative estimate of drug-likeness (QED) is 0.741. The summed E-state index contributed by atoms with van der Waals surface area (Å²) in [5, 5.41) is 3.41. The van der Waals surface area contributed by atoms with E-state index in [1.807, 2.05) is 12.1 Å². The van der Waals surface area contributed by atoms with E-state index < -0.39 is 0 Å². The molecule has 1 heterocycles. The number of rotatable bonds is 8. The van der Waals surface area contributed by atoms with E-state index in [2.05, 4.69) is 18.3 Å². The van der Waals surface area contributed by atoms with Crippen molar-refractivity contribution in [2.75, 3.05) is 40.0 Å². The summed E-state index contributed by atoms with van der Waals surface area (Å²) in [6.45, 7) is 6.43. The van der Waals surface area contributed by atoms with Crippen LogP contribution in [0.15, 0.2) is 18.2 Å². The Kier molecular flexibility index (Phi) is 6.15. The Morgan fingerprint density at radius 3 is 2.95 bits per heavy atom. The molecule has 0 saturated carbocycles. The summed E-state index contributed by atoms with van der Waals surface area (Å²) in [5.41, 5.74) is 1.26. The highest BCUT2D eigenvalue weighted by Gasteiger charge is 2.14. The minimum Gasteiger partial charge on any atom is -0.493 e. The molecule has 4 nitrogen and oxygen atoms in total. The molecule has 20 heavy (non-hydrogen) atoms. The second-order valence-electron chi connectivity index (χ2n) is 5.12. The standard InChI is InChI=1S/C16H25NO3/c1-3-13-4-5-15(16(10-13)18-2)20-9-7-17-11-14-6-8-19-12-14/h4-5,10,14,17H,3,6-9,11-12H2,1-2H3. The van der Waals surface area contributed by atoms with E-state index in [0.717, 1.165) is 44.2 Å². The van der Waals surface area contributed by atoms with Crippen LogP contribution in [-0.2, 0) is 11.2 Å². The predicted molar refractivity (Wildman–Crippen MR) is 79.7 cm³/mol. The summed E-state index contributed by atoms with van der Waals surface area (Å²) >= 11 is 0. The summed E-state index contributed by atoms with van der Waals surface area (Å²) in [7, 11) is 1.68. The van der Waals surface area contributed by atoms with Crippen LogP contribution in [0.2, 0.25) is 0 Å². The van der Waals surface area contributed by atoms with Gasteiger partial charge in [0.1, 0.15) is 6.61 Å². The maximum atomic E-state index is 5.77. The summed E-state index contributed by atoms with van der Waals surface area (Å²) in [6, 6.07) is 6.11. The lowest BCUT2D eigenvalue weighted by Gasteiger charge is -2.13. The maximum absolute atomic E-state index is 5.77. The van der Waals surface area contributed by atoms with Gasteiger partial charge in [-0.15, -0.1) is 0 Å². The zero-order chi connectivity index (χ0) is 14.2. The molecule has 0 aliphatic carbocycles. The van der Waals surface area contributed by atoms with Crippen LogP contribution >= 0.6 is 0 Å². The van der Waals surface area contributed by atoms with E-state index in [4.69, 9.17) is 14.2 Å². The average molecular weight is 279 g/mol. The van der Waals surface area contributed by atoms with Gasteiger partial charge in [0.25, 0.3) is 0 Å². The van der Waals surface area contributed by atoms with Gasteiger partial charge in [0.2, 0.25) is 0 Å². The Labute approximate surface area is 121 Å². The van der Waals surface area contributed by atoms with E-state index in [1.54, 1.807) is 7.11 Å². The third kappa shape index (κ3) is 4.39. The fourth-order valence-corrected chi connectivity index (χ4v) is 2.33. The van der Waals surface area contributed by atoms with Crippen molar-refractivity contribution in [2.24, 2.45) is 5.92 Å². The van der Waals surface area contributed by atoms with Gasteiger partial charge in [-0.3, -0.25) is 0 Å². The molecule has 112 valence electrons. The monoisotopic (exact) mass is 279 g/mol. The second-order valence-corrected chi connectivity index (χ2v) is 5.12. The Balaban J connectivity index is 1.70. The van der Waals surface area contributed by atoms with Crippen molar-refractivity contribution >= 4 is 0 Å². The molecule has 1 N–H and O–H groups in total. The normalized spacial score (nSPS) is 18.2. The number of nitrogens with one attached hydrogen (secondary N) is 1. The van der Waals surface area contributed by atoms with E-state index >= 15 is 0 Å². The van der Waals surface area contributed by atoms with Crippen molar-refractivity contribution in [3.8, 4) is 11.5 Å². The summed E-state index contributed by atoms with van der Waals surface area (Å²) in [6.07, 6.45) is 2.17. The summed E-state index contributed by atoms with van der Waals surface area (Å²) < 4.78 is 16.5. The molecule has 1 atom stereocenters. The highest BCUT2D eigenvalue weighted by molar-refractivity contribution is 5.42. The Hall–Kier alpha value is -1.26. The predicted octanol–water partition coefficient (Wildman–Crippen LogP) is 2.26. The van der Waals surface area contributed by atoms with Crippen LogP contribution in [-0.4, -0.2) is 40.0 Å². The lowest BCUT2D eigenvalue weighted by Crippen LogP contribution is -2.27. The molecule has 0 amide bonds. The molecule has 1 aromatic carbocycles. The summed E-state index contributed by atoms with van der Waals surface area (Å²) in [4.78, 5) is 0. The van der Waals surface area contributed by atoms with Crippen LogP contribution < -0.4 is 14.8 Å². The van der Waals surface area contributed by atoms with E-state index in [9.17, 15) is 0 Å². The fraction of sp³-hybridized carbons (Fsp3) is 0.625. The highest BCUT2D eigenvalue weighted by atomic mass is 16.5. The van der Waals surface area contributed by atoms with Gasteiger partial charge in [-0.2, -0.15) is 0 Å². The van der Waals surface area contributed by atoms with Crippen molar-refractivity contribution in [3.63, 3.8) is 0 Å². The molecular weight excluding hydrogens is 254 g/mol. The average Bonchev–Trinajstić information content (AvgIpc) is 3.00. The molecular formula is C16H25NO3. The lowest BCUT2D eigenvalue weighted by atomic mass is 10.1. The number of methoxy groups -OCH3 is 1. The van der Waals surface area contributed by atoms with Gasteiger partial charge in [0, 0.05) is 19.7 Å². The fourth-order valence-electron chi connectivity index (χ4n) is 2.33. The van der Waals surface area contributed by atoms with Gasteiger partial charge < -0.3 is 19.5 Å². The molecule has 0 radical (unpaired) electrons. The van der Waals surface area contributed by atoms with Crippen LogP contribution in [0.25, 0.3) is 0 Å². The van der Waals surface area contributed by atoms with Crippen molar-refractivity contribution in [3.05, 3.63) is 23.8 Å². The van der Waals surface area contributed by atoms with Crippen LogP contribution in [0.1, 0.15) is 18.9 Å². The molecule has 4 heteroatoms. The van der Waals surface area contributed by atoms with Gasteiger partial charge in [0.05, 0.1) is 13.7 Å². The first-order valence-electron chi connectivity index (χ1n) is 7.41. The zero-order valence-electron chi connectivity index (χ0n) is 12.5. The van der Waals surface area contributed by atoms with Crippen molar-refractivity contribution in [2.45, 2.75) is 19.8 Å². The minimum atomic E-state index is 0.648. The van der Waals surface area contributed by atoms with E-state index in [1.165, 1.54) is 12.0 Å². The van der Waals surface area contributed by atoms with E-state index in [-0.39, 0.29) is 0 Å². The van der Waals surface area contributed by atoms with Crippen molar-refractivity contribution < 1.29 is 14.2 Å². The van der Waals surface area contributed by atoms with Gasteiger partial charge in [-0.1, -0.05) is 13.0 Å². The molecule has 1 saturated heterocycles. The first-order chi connectivity index (χ1) is 9.83. The maximum Gasteiger partial charge on any atom is 0.161 e. The Morgan fingerprint density at radius 1 is 1.35 bits per heavy atom. The van der Waals surface area contributed by atoms with Crippen LogP contribution in [0, 0.1) is 5.92 Å². The first-order valence-corrected chi connectivity index (χ1v) is 7.41. The molecule has 1 aliphatic rings.